The van der Waals surface area contributed by atoms with Gasteiger partial charge in [0.2, 0.25) is 10.0 Å². The minimum Gasteiger partial charge on any atom is -0.207 e. The van der Waals surface area contributed by atoms with E-state index in [4.69, 9.17) is 23.2 Å². The molecule has 0 saturated heterocycles. The van der Waals surface area contributed by atoms with E-state index in [0.29, 0.717) is 16.8 Å². The molecule has 1 rings (SSSR count). The van der Waals surface area contributed by atoms with Gasteiger partial charge in [0.1, 0.15) is 4.90 Å². The Hall–Kier alpha value is 0.190. The molecule has 19 heavy (non-hydrogen) atoms. The van der Waals surface area contributed by atoms with E-state index in [1.54, 1.807) is 18.2 Å². The normalized spacial score (nSPS) is 13.8. The lowest BCUT2D eigenvalue weighted by atomic mass is 10.1. The van der Waals surface area contributed by atoms with Gasteiger partial charge in [-0.2, -0.15) is 0 Å². The first-order valence-electron chi connectivity index (χ1n) is 5.80. The van der Waals surface area contributed by atoms with Crippen LogP contribution in [0.15, 0.2) is 27.6 Å². The second-order valence-corrected chi connectivity index (χ2v) is 7.87. The summed E-state index contributed by atoms with van der Waals surface area (Å²) in [5.41, 5.74) is 0. The van der Waals surface area contributed by atoms with Gasteiger partial charge in [0, 0.05) is 16.4 Å². The summed E-state index contributed by atoms with van der Waals surface area (Å²) in [6.45, 7) is 4.03. The highest BCUT2D eigenvalue weighted by atomic mass is 79.9. The Bertz CT molecular complexity index is 514. The molecule has 0 saturated carbocycles. The van der Waals surface area contributed by atoms with E-state index in [1.165, 1.54) is 0 Å². The monoisotopic (exact) mass is 387 g/mol. The highest BCUT2D eigenvalue weighted by molar-refractivity contribution is 9.10. The summed E-state index contributed by atoms with van der Waals surface area (Å²) >= 11 is 15.0. The number of rotatable bonds is 6. The standard InChI is InChI=1S/C12H16BrCl2NO2S/c1-8(2)6-9(7-14)16-19(17,18)12-10(13)4-3-5-11(12)15/h3-5,8-9,16H,6-7H2,1-2H3. The summed E-state index contributed by atoms with van der Waals surface area (Å²) in [5, 5.41) is 0.180. The summed E-state index contributed by atoms with van der Waals surface area (Å²) in [6.07, 6.45) is 0.671. The first-order chi connectivity index (χ1) is 8.77. The van der Waals surface area contributed by atoms with Gasteiger partial charge in [-0.3, -0.25) is 0 Å². The van der Waals surface area contributed by atoms with Crippen LogP contribution in [-0.2, 0) is 10.0 Å². The van der Waals surface area contributed by atoms with Gasteiger partial charge in [0.25, 0.3) is 0 Å². The zero-order valence-electron chi connectivity index (χ0n) is 10.7. The number of alkyl halides is 1. The molecule has 0 heterocycles. The van der Waals surface area contributed by atoms with Crippen molar-refractivity contribution in [2.45, 2.75) is 31.2 Å². The topological polar surface area (TPSA) is 46.2 Å². The predicted molar refractivity (Wildman–Crippen MR) is 83.4 cm³/mol. The van der Waals surface area contributed by atoms with E-state index in [2.05, 4.69) is 20.7 Å². The zero-order chi connectivity index (χ0) is 14.6. The van der Waals surface area contributed by atoms with Gasteiger partial charge in [-0.1, -0.05) is 31.5 Å². The van der Waals surface area contributed by atoms with Crippen LogP contribution in [0.3, 0.4) is 0 Å². The Morgan fingerprint density at radius 2 is 2.00 bits per heavy atom. The number of benzene rings is 1. The van der Waals surface area contributed by atoms with Gasteiger partial charge < -0.3 is 0 Å². The van der Waals surface area contributed by atoms with Crippen molar-refractivity contribution in [1.29, 1.82) is 0 Å². The third-order valence-corrected chi connectivity index (χ3v) is 5.80. The lowest BCUT2D eigenvalue weighted by Gasteiger charge is -2.19. The van der Waals surface area contributed by atoms with Crippen molar-refractivity contribution >= 4 is 49.2 Å². The second kappa shape index (κ2) is 7.27. The third-order valence-electron chi connectivity index (χ3n) is 2.45. The van der Waals surface area contributed by atoms with E-state index < -0.39 is 10.0 Å². The maximum Gasteiger partial charge on any atom is 0.243 e. The summed E-state index contributed by atoms with van der Waals surface area (Å²) in [4.78, 5) is 0.0514. The molecule has 0 fully saturated rings. The maximum absolute atomic E-state index is 12.3. The summed E-state index contributed by atoms with van der Waals surface area (Å²) < 4.78 is 27.7. The average Bonchev–Trinajstić information content (AvgIpc) is 2.26. The fourth-order valence-corrected chi connectivity index (χ4v) is 5.01. The van der Waals surface area contributed by atoms with Crippen molar-refractivity contribution in [2.24, 2.45) is 5.92 Å². The molecule has 1 N–H and O–H groups in total. The Balaban J connectivity index is 3.04. The average molecular weight is 389 g/mol. The number of halogens is 3. The molecule has 0 aliphatic carbocycles. The molecule has 1 atom stereocenters. The van der Waals surface area contributed by atoms with Crippen LogP contribution < -0.4 is 4.72 Å². The Morgan fingerprint density at radius 1 is 1.37 bits per heavy atom. The minimum atomic E-state index is -3.69. The first-order valence-corrected chi connectivity index (χ1v) is 8.99. The number of hydrogen-bond donors (Lipinski definition) is 1. The van der Waals surface area contributed by atoms with Crippen molar-refractivity contribution in [2.75, 3.05) is 5.88 Å². The predicted octanol–water partition coefficient (Wildman–Crippen LogP) is 4.03. The van der Waals surface area contributed by atoms with E-state index in [1.807, 2.05) is 13.8 Å². The van der Waals surface area contributed by atoms with E-state index in [9.17, 15) is 8.42 Å². The molecule has 1 aromatic carbocycles. The highest BCUT2D eigenvalue weighted by Crippen LogP contribution is 2.29. The SMILES string of the molecule is CC(C)CC(CCl)NS(=O)(=O)c1c(Cl)cccc1Br. The van der Waals surface area contributed by atoms with Crippen LogP contribution >= 0.6 is 39.1 Å². The van der Waals surface area contributed by atoms with Crippen LogP contribution in [0.4, 0.5) is 0 Å². The molecule has 0 aliphatic rings. The first kappa shape index (κ1) is 17.2. The van der Waals surface area contributed by atoms with Crippen molar-refractivity contribution in [3.63, 3.8) is 0 Å². The van der Waals surface area contributed by atoms with Gasteiger partial charge in [-0.15, -0.1) is 11.6 Å². The Morgan fingerprint density at radius 3 is 2.47 bits per heavy atom. The largest absolute Gasteiger partial charge is 0.243 e. The molecular weight excluding hydrogens is 373 g/mol. The van der Waals surface area contributed by atoms with Crippen molar-refractivity contribution in [3.8, 4) is 0 Å². The van der Waals surface area contributed by atoms with E-state index in [0.717, 1.165) is 0 Å². The van der Waals surface area contributed by atoms with Gasteiger partial charge in [0.15, 0.2) is 0 Å². The minimum absolute atomic E-state index is 0.0514. The number of sulfonamides is 1. The van der Waals surface area contributed by atoms with Crippen LogP contribution in [-0.4, -0.2) is 20.3 Å². The Labute approximate surface area is 132 Å². The Kier molecular flexibility index (Phi) is 6.60. The smallest absolute Gasteiger partial charge is 0.207 e. The maximum atomic E-state index is 12.3. The van der Waals surface area contributed by atoms with Gasteiger partial charge in [-0.05, 0) is 40.4 Å². The van der Waals surface area contributed by atoms with Gasteiger partial charge in [-0.25, -0.2) is 13.1 Å². The molecule has 0 aliphatic heterocycles. The summed E-state index contributed by atoms with van der Waals surface area (Å²) in [5.74, 6) is 0.570. The summed E-state index contributed by atoms with van der Waals surface area (Å²) in [6, 6.07) is 4.55. The van der Waals surface area contributed by atoms with Crippen LogP contribution in [0, 0.1) is 5.92 Å². The van der Waals surface area contributed by atoms with Crippen LogP contribution in [0.25, 0.3) is 0 Å². The molecule has 3 nitrogen and oxygen atoms in total. The van der Waals surface area contributed by atoms with Crippen LogP contribution in [0.1, 0.15) is 20.3 Å². The van der Waals surface area contributed by atoms with E-state index >= 15 is 0 Å². The van der Waals surface area contributed by atoms with Gasteiger partial charge in [0.05, 0.1) is 5.02 Å². The molecule has 0 amide bonds. The molecule has 108 valence electrons. The zero-order valence-corrected chi connectivity index (χ0v) is 14.6. The second-order valence-electron chi connectivity index (χ2n) is 4.65. The fourth-order valence-electron chi connectivity index (χ4n) is 1.73. The quantitative estimate of drug-likeness (QED) is 0.747. The molecule has 0 bridgehead atoms. The lowest BCUT2D eigenvalue weighted by Crippen LogP contribution is -2.37. The molecule has 1 aromatic rings. The number of nitrogens with one attached hydrogen (secondary N) is 1. The summed E-state index contributed by atoms with van der Waals surface area (Å²) in [7, 11) is -3.69. The molecule has 0 aromatic heterocycles. The third kappa shape index (κ3) is 4.90. The van der Waals surface area contributed by atoms with Crippen molar-refractivity contribution < 1.29 is 8.42 Å². The van der Waals surface area contributed by atoms with Gasteiger partial charge >= 0.3 is 0 Å². The molecule has 0 radical (unpaired) electrons. The van der Waals surface area contributed by atoms with Crippen molar-refractivity contribution in [3.05, 3.63) is 27.7 Å². The highest BCUT2D eigenvalue weighted by Gasteiger charge is 2.24. The molecule has 7 heteroatoms. The molecular formula is C12H16BrCl2NO2S. The molecule has 0 spiro atoms. The van der Waals surface area contributed by atoms with Crippen LogP contribution in [0.5, 0.6) is 0 Å². The fraction of sp³-hybridized carbons (Fsp3) is 0.500. The van der Waals surface area contributed by atoms with Crippen LogP contribution in [0.2, 0.25) is 5.02 Å². The van der Waals surface area contributed by atoms with Crippen molar-refractivity contribution in [1.82, 2.24) is 4.72 Å². The lowest BCUT2D eigenvalue weighted by molar-refractivity contribution is 0.485. The van der Waals surface area contributed by atoms with E-state index in [-0.39, 0.29) is 21.8 Å². The molecule has 1 unspecified atom stereocenters. The number of hydrogen-bond acceptors (Lipinski definition) is 2.